The number of halogens is 3. The molecule has 0 atom stereocenters. The summed E-state index contributed by atoms with van der Waals surface area (Å²) in [5.41, 5.74) is 4.51. The van der Waals surface area contributed by atoms with Crippen LogP contribution in [0.5, 0.6) is 0 Å². The lowest BCUT2D eigenvalue weighted by atomic mass is 10.2. The van der Waals surface area contributed by atoms with Gasteiger partial charge in [-0.3, -0.25) is 0 Å². The molecule has 0 aromatic carbocycles. The third-order valence-corrected chi connectivity index (χ3v) is 3.87. The van der Waals surface area contributed by atoms with Crippen molar-refractivity contribution in [1.29, 1.82) is 0 Å². The summed E-state index contributed by atoms with van der Waals surface area (Å²) in [6.45, 7) is 0. The van der Waals surface area contributed by atoms with Crippen LogP contribution in [0.1, 0.15) is 12.0 Å². The maximum absolute atomic E-state index is 12.3. The molecule has 84 valence electrons. The fourth-order valence-electron chi connectivity index (χ4n) is 0.869. The Hall–Kier alpha value is -0.550. The van der Waals surface area contributed by atoms with Gasteiger partial charge in [-0.25, -0.2) is 27.3 Å². The van der Waals surface area contributed by atoms with E-state index in [0.717, 1.165) is 0 Å². The summed E-state index contributed by atoms with van der Waals surface area (Å²) >= 11 is 1.51. The zero-order valence-corrected chi connectivity index (χ0v) is 10.1. The lowest BCUT2D eigenvalue weighted by molar-refractivity contribution is 0.151. The molecule has 0 amide bonds. The lowest BCUT2D eigenvalue weighted by Gasteiger charge is -2.08. The number of nitrogen functional groups attached to an aromatic ring is 1. The summed E-state index contributed by atoms with van der Waals surface area (Å²) in [7, 11) is -4.04. The summed E-state index contributed by atoms with van der Waals surface area (Å²) in [6.07, 6.45) is -2.09. The van der Waals surface area contributed by atoms with Crippen molar-refractivity contribution in [2.45, 2.75) is 11.5 Å². The van der Waals surface area contributed by atoms with Gasteiger partial charge in [0.2, 0.25) is 0 Å². The van der Waals surface area contributed by atoms with Crippen molar-refractivity contribution in [1.82, 2.24) is 4.98 Å². The van der Waals surface area contributed by atoms with E-state index in [4.69, 9.17) is 10.9 Å². The predicted molar refractivity (Wildman–Crippen MR) is 57.7 cm³/mol. The normalized spacial score (nSPS) is 12.1. The molecule has 0 bridgehead atoms. The highest BCUT2D eigenvalue weighted by atomic mass is 127. The van der Waals surface area contributed by atoms with Gasteiger partial charge in [0.1, 0.15) is 0 Å². The number of nitrogens with zero attached hydrogens (tertiary/aromatic N) is 1. The predicted octanol–water partition coefficient (Wildman–Crippen LogP) is 0.853. The van der Waals surface area contributed by atoms with Crippen molar-refractivity contribution in [3.8, 4) is 0 Å². The number of rotatable bonds is 2. The molecule has 5 nitrogen and oxygen atoms in total. The summed E-state index contributed by atoms with van der Waals surface area (Å²) in [4.78, 5) is 3.35. The Morgan fingerprint density at radius 1 is 1.47 bits per heavy atom. The van der Waals surface area contributed by atoms with E-state index in [1.54, 1.807) is 0 Å². The second-order valence-corrected chi connectivity index (χ2v) is 5.15. The van der Waals surface area contributed by atoms with Crippen LogP contribution in [0.4, 0.5) is 14.5 Å². The molecule has 0 spiro atoms. The first-order valence-corrected chi connectivity index (χ1v) is 6.12. The monoisotopic (exact) mass is 349 g/mol. The summed E-state index contributed by atoms with van der Waals surface area (Å²) < 4.78 is 46.5. The summed E-state index contributed by atoms with van der Waals surface area (Å²) in [5, 5.41) is 4.32. The molecule has 0 fully saturated rings. The van der Waals surface area contributed by atoms with Crippen molar-refractivity contribution < 1.29 is 17.2 Å². The number of alkyl halides is 2. The van der Waals surface area contributed by atoms with Crippen LogP contribution in [0, 0.1) is 3.57 Å². The molecule has 0 aliphatic rings. The van der Waals surface area contributed by atoms with Gasteiger partial charge in [0.25, 0.3) is 16.4 Å². The van der Waals surface area contributed by atoms with E-state index in [2.05, 4.69) is 4.98 Å². The van der Waals surface area contributed by atoms with Crippen LogP contribution in [0.15, 0.2) is 11.2 Å². The number of hydrogen-bond acceptors (Lipinski definition) is 4. The van der Waals surface area contributed by atoms with Crippen LogP contribution < -0.4 is 10.9 Å². The standard InChI is InChI=1S/C6H6F2IN3O2S/c7-5(8)2-1-12-6(15(11,13)14)3(9)4(2)10/h1,5H,(H2,10,12)(H2,11,13,14). The smallest absolute Gasteiger partial charge is 0.267 e. The van der Waals surface area contributed by atoms with E-state index in [1.165, 1.54) is 22.6 Å². The highest BCUT2D eigenvalue weighted by molar-refractivity contribution is 14.1. The second kappa shape index (κ2) is 4.14. The fourth-order valence-corrected chi connectivity index (χ4v) is 2.80. The van der Waals surface area contributed by atoms with Crippen LogP contribution in [0.2, 0.25) is 0 Å². The minimum absolute atomic E-state index is 0.0899. The molecule has 1 aromatic heterocycles. The highest BCUT2D eigenvalue weighted by Crippen LogP contribution is 2.30. The maximum Gasteiger partial charge on any atom is 0.267 e. The minimum atomic E-state index is -4.04. The number of pyridine rings is 1. The van der Waals surface area contributed by atoms with Gasteiger partial charge in [-0.1, -0.05) is 0 Å². The number of nitrogens with two attached hydrogens (primary N) is 2. The summed E-state index contributed by atoms with van der Waals surface area (Å²) in [5.74, 6) is 0. The largest absolute Gasteiger partial charge is 0.397 e. The molecular formula is C6H6F2IN3O2S. The number of aromatic nitrogens is 1. The highest BCUT2D eigenvalue weighted by Gasteiger charge is 2.21. The summed E-state index contributed by atoms with van der Waals surface area (Å²) in [6, 6.07) is 0. The quantitative estimate of drug-likeness (QED) is 0.774. The van der Waals surface area contributed by atoms with Crippen LogP contribution in [-0.4, -0.2) is 13.4 Å². The first-order valence-electron chi connectivity index (χ1n) is 3.50. The fraction of sp³-hybridized carbons (Fsp3) is 0.167. The molecule has 0 radical (unpaired) electrons. The first kappa shape index (κ1) is 12.5. The van der Waals surface area contributed by atoms with Crippen molar-refractivity contribution in [2.24, 2.45) is 5.14 Å². The Labute approximate surface area is 98.0 Å². The van der Waals surface area contributed by atoms with Gasteiger partial charge in [-0.05, 0) is 22.6 Å². The Morgan fingerprint density at radius 2 is 2.00 bits per heavy atom. The average molecular weight is 349 g/mol. The van der Waals surface area contributed by atoms with E-state index >= 15 is 0 Å². The molecule has 4 N–H and O–H groups in total. The zero-order valence-electron chi connectivity index (χ0n) is 7.12. The molecule has 0 aliphatic carbocycles. The van der Waals surface area contributed by atoms with Crippen molar-refractivity contribution in [2.75, 3.05) is 5.73 Å². The van der Waals surface area contributed by atoms with E-state index in [1.807, 2.05) is 0 Å². The number of primary sulfonamides is 1. The van der Waals surface area contributed by atoms with Gasteiger partial charge in [0.05, 0.1) is 14.8 Å². The van der Waals surface area contributed by atoms with Crippen LogP contribution in [0.3, 0.4) is 0 Å². The average Bonchev–Trinajstić information content (AvgIpc) is 2.06. The minimum Gasteiger partial charge on any atom is -0.397 e. The molecule has 0 unspecified atom stereocenters. The number of hydrogen-bond donors (Lipinski definition) is 2. The topological polar surface area (TPSA) is 99.1 Å². The molecule has 1 heterocycles. The van der Waals surface area contributed by atoms with Gasteiger partial charge in [-0.15, -0.1) is 0 Å². The SMILES string of the molecule is Nc1c(C(F)F)cnc(S(N)(=O)=O)c1I. The van der Waals surface area contributed by atoms with Crippen LogP contribution in [0.25, 0.3) is 0 Å². The molecule has 15 heavy (non-hydrogen) atoms. The Morgan fingerprint density at radius 3 is 2.40 bits per heavy atom. The van der Waals surface area contributed by atoms with Gasteiger partial charge in [0.15, 0.2) is 5.03 Å². The molecule has 1 rings (SSSR count). The van der Waals surface area contributed by atoms with Gasteiger partial charge in [0, 0.05) is 6.20 Å². The van der Waals surface area contributed by atoms with Crippen molar-refractivity contribution >= 4 is 38.3 Å². The molecular weight excluding hydrogens is 343 g/mol. The molecule has 1 aromatic rings. The second-order valence-electron chi connectivity index (χ2n) is 2.59. The van der Waals surface area contributed by atoms with Gasteiger partial charge < -0.3 is 5.73 Å². The Balaban J connectivity index is 3.48. The zero-order chi connectivity index (χ0) is 11.8. The maximum atomic E-state index is 12.3. The van der Waals surface area contributed by atoms with Crippen molar-refractivity contribution in [3.63, 3.8) is 0 Å². The number of sulfonamides is 1. The van der Waals surface area contributed by atoms with E-state index in [9.17, 15) is 17.2 Å². The van der Waals surface area contributed by atoms with Crippen molar-refractivity contribution in [3.05, 3.63) is 15.3 Å². The third-order valence-electron chi connectivity index (χ3n) is 1.56. The molecule has 0 aliphatic heterocycles. The Bertz CT molecular complexity index is 491. The van der Waals surface area contributed by atoms with E-state index in [0.29, 0.717) is 6.20 Å². The third kappa shape index (κ3) is 2.52. The van der Waals surface area contributed by atoms with E-state index in [-0.39, 0.29) is 9.26 Å². The lowest BCUT2D eigenvalue weighted by Crippen LogP contribution is -2.17. The van der Waals surface area contributed by atoms with Crippen LogP contribution in [-0.2, 0) is 10.0 Å². The van der Waals surface area contributed by atoms with E-state index < -0.39 is 27.0 Å². The molecule has 0 saturated heterocycles. The van der Waals surface area contributed by atoms with Gasteiger partial charge >= 0.3 is 0 Å². The number of anilines is 1. The molecule has 9 heteroatoms. The van der Waals surface area contributed by atoms with Gasteiger partial charge in [-0.2, -0.15) is 0 Å². The molecule has 0 saturated carbocycles. The Kier molecular flexibility index (Phi) is 3.45. The van der Waals surface area contributed by atoms with Crippen LogP contribution >= 0.6 is 22.6 Å². The first-order chi connectivity index (χ1) is 6.75.